The van der Waals surface area contributed by atoms with Gasteiger partial charge in [0.1, 0.15) is 0 Å². The molecule has 0 radical (unpaired) electrons. The van der Waals surface area contributed by atoms with Crippen molar-refractivity contribution in [1.82, 2.24) is 14.7 Å². The molecule has 2 fully saturated rings. The van der Waals surface area contributed by atoms with E-state index in [9.17, 15) is 9.59 Å². The van der Waals surface area contributed by atoms with Gasteiger partial charge in [-0.15, -0.1) is 0 Å². The normalized spacial score (nSPS) is 22.7. The first kappa shape index (κ1) is 16.9. The lowest BCUT2D eigenvalue weighted by Crippen LogP contribution is -2.50. The van der Waals surface area contributed by atoms with Crippen molar-refractivity contribution in [2.75, 3.05) is 45.8 Å². The van der Waals surface area contributed by atoms with E-state index in [1.807, 2.05) is 15.9 Å². The monoisotopic (exact) mass is 331 g/mol. The van der Waals surface area contributed by atoms with Crippen LogP contribution in [0.3, 0.4) is 0 Å². The average Bonchev–Trinajstić information content (AvgIpc) is 3.05. The molecular formula is C18H25N3O3. The molecule has 1 aromatic carbocycles. The number of aliphatic carboxylic acids is 1. The Labute approximate surface area is 142 Å². The van der Waals surface area contributed by atoms with Gasteiger partial charge in [-0.2, -0.15) is 0 Å². The molecular weight excluding hydrogens is 306 g/mol. The molecule has 0 aromatic heterocycles. The molecule has 0 spiro atoms. The number of hydrogen-bond acceptors (Lipinski definition) is 4. The number of carbonyl (C=O) groups is 2. The Hall–Kier alpha value is -1.92. The number of rotatable bonds is 5. The number of nitrogens with zero attached hydrogens (tertiary/aromatic N) is 3. The average molecular weight is 331 g/mol. The molecule has 1 amide bonds. The summed E-state index contributed by atoms with van der Waals surface area (Å²) in [6, 6.07) is 10.4. The Bertz CT molecular complexity index is 570. The molecule has 6 nitrogen and oxygen atoms in total. The standard InChI is InChI=1S/C18H25N3O3/c22-17(14-20-7-6-16(13-20)18(23)24)21-10-8-19(9-11-21)12-15-4-2-1-3-5-15/h1-5,16H,6-14H2,(H,23,24). The molecule has 0 aliphatic carbocycles. The third kappa shape index (κ3) is 4.33. The maximum atomic E-state index is 12.4. The van der Waals surface area contributed by atoms with Gasteiger partial charge in [0.05, 0.1) is 12.5 Å². The maximum absolute atomic E-state index is 12.4. The van der Waals surface area contributed by atoms with Crippen LogP contribution in [0.25, 0.3) is 0 Å². The summed E-state index contributed by atoms with van der Waals surface area (Å²) in [5, 5.41) is 9.04. The Morgan fingerprint density at radius 3 is 2.33 bits per heavy atom. The van der Waals surface area contributed by atoms with Crippen LogP contribution in [-0.4, -0.2) is 77.5 Å². The molecule has 0 saturated carbocycles. The fourth-order valence-corrected chi connectivity index (χ4v) is 3.47. The molecule has 0 bridgehead atoms. The van der Waals surface area contributed by atoms with Crippen LogP contribution in [0.4, 0.5) is 0 Å². The number of carboxylic acids is 1. The molecule has 2 aliphatic heterocycles. The Morgan fingerprint density at radius 2 is 1.71 bits per heavy atom. The number of hydrogen-bond donors (Lipinski definition) is 1. The molecule has 1 atom stereocenters. The highest BCUT2D eigenvalue weighted by Crippen LogP contribution is 2.16. The number of piperazine rings is 1. The lowest BCUT2D eigenvalue weighted by atomic mass is 10.1. The first-order valence-corrected chi connectivity index (χ1v) is 8.61. The van der Waals surface area contributed by atoms with Crippen molar-refractivity contribution in [2.24, 2.45) is 5.92 Å². The summed E-state index contributed by atoms with van der Waals surface area (Å²) in [5.74, 6) is -0.944. The lowest BCUT2D eigenvalue weighted by Gasteiger charge is -2.35. The first-order valence-electron chi connectivity index (χ1n) is 8.61. The lowest BCUT2D eigenvalue weighted by molar-refractivity contribution is -0.141. The van der Waals surface area contributed by atoms with Crippen LogP contribution in [0.1, 0.15) is 12.0 Å². The number of likely N-dealkylation sites (tertiary alicyclic amines) is 1. The third-order valence-electron chi connectivity index (χ3n) is 4.95. The Balaban J connectivity index is 1.41. The van der Waals surface area contributed by atoms with Gasteiger partial charge in [-0.05, 0) is 18.5 Å². The van der Waals surface area contributed by atoms with Crippen molar-refractivity contribution in [2.45, 2.75) is 13.0 Å². The topological polar surface area (TPSA) is 64.1 Å². The highest BCUT2D eigenvalue weighted by molar-refractivity contribution is 5.78. The van der Waals surface area contributed by atoms with E-state index >= 15 is 0 Å². The van der Waals surface area contributed by atoms with Crippen LogP contribution >= 0.6 is 0 Å². The van der Waals surface area contributed by atoms with Crippen LogP contribution in [0.5, 0.6) is 0 Å². The smallest absolute Gasteiger partial charge is 0.307 e. The van der Waals surface area contributed by atoms with Gasteiger partial charge in [-0.3, -0.25) is 19.4 Å². The van der Waals surface area contributed by atoms with E-state index in [0.717, 1.165) is 32.7 Å². The summed E-state index contributed by atoms with van der Waals surface area (Å²) >= 11 is 0. The maximum Gasteiger partial charge on any atom is 0.307 e. The second kappa shape index (κ2) is 7.77. The van der Waals surface area contributed by atoms with Gasteiger partial charge in [0, 0.05) is 39.3 Å². The third-order valence-corrected chi connectivity index (χ3v) is 4.95. The van der Waals surface area contributed by atoms with Gasteiger partial charge in [-0.25, -0.2) is 0 Å². The molecule has 1 aromatic rings. The van der Waals surface area contributed by atoms with Crippen LogP contribution < -0.4 is 0 Å². The molecule has 24 heavy (non-hydrogen) atoms. The van der Waals surface area contributed by atoms with Crippen LogP contribution in [0.2, 0.25) is 0 Å². The van der Waals surface area contributed by atoms with Crippen molar-refractivity contribution >= 4 is 11.9 Å². The van der Waals surface area contributed by atoms with Gasteiger partial charge < -0.3 is 10.0 Å². The van der Waals surface area contributed by atoms with Gasteiger partial charge in [-0.1, -0.05) is 30.3 Å². The molecule has 1 N–H and O–H groups in total. The van der Waals surface area contributed by atoms with Crippen molar-refractivity contribution in [1.29, 1.82) is 0 Å². The summed E-state index contributed by atoms with van der Waals surface area (Å²) in [5.41, 5.74) is 1.30. The van der Waals surface area contributed by atoms with Crippen molar-refractivity contribution in [3.63, 3.8) is 0 Å². The van der Waals surface area contributed by atoms with E-state index in [0.29, 0.717) is 26.1 Å². The Kier molecular flexibility index (Phi) is 5.48. The summed E-state index contributed by atoms with van der Waals surface area (Å²) in [4.78, 5) is 29.7. The van der Waals surface area contributed by atoms with Gasteiger partial charge in [0.25, 0.3) is 0 Å². The zero-order valence-electron chi connectivity index (χ0n) is 13.9. The van der Waals surface area contributed by atoms with E-state index in [1.54, 1.807) is 0 Å². The summed E-state index contributed by atoms with van der Waals surface area (Å²) in [6.45, 7) is 5.75. The summed E-state index contributed by atoms with van der Waals surface area (Å²) in [6.07, 6.45) is 0.646. The van der Waals surface area contributed by atoms with E-state index in [1.165, 1.54) is 5.56 Å². The van der Waals surface area contributed by atoms with Crippen molar-refractivity contribution in [3.05, 3.63) is 35.9 Å². The van der Waals surface area contributed by atoms with E-state index in [-0.39, 0.29) is 11.8 Å². The fraction of sp³-hybridized carbons (Fsp3) is 0.556. The van der Waals surface area contributed by atoms with E-state index < -0.39 is 5.97 Å². The fourth-order valence-electron chi connectivity index (χ4n) is 3.47. The summed E-state index contributed by atoms with van der Waals surface area (Å²) < 4.78 is 0. The largest absolute Gasteiger partial charge is 0.481 e. The van der Waals surface area contributed by atoms with Crippen molar-refractivity contribution in [3.8, 4) is 0 Å². The second-order valence-corrected chi connectivity index (χ2v) is 6.70. The number of amides is 1. The molecule has 3 rings (SSSR count). The first-order chi connectivity index (χ1) is 11.6. The highest BCUT2D eigenvalue weighted by Gasteiger charge is 2.30. The van der Waals surface area contributed by atoms with Gasteiger partial charge >= 0.3 is 5.97 Å². The predicted octanol–water partition coefficient (Wildman–Crippen LogP) is 0.737. The molecule has 2 saturated heterocycles. The van der Waals surface area contributed by atoms with Gasteiger partial charge in [0.15, 0.2) is 0 Å². The number of carbonyl (C=O) groups excluding carboxylic acids is 1. The summed E-state index contributed by atoms with van der Waals surface area (Å²) in [7, 11) is 0. The van der Waals surface area contributed by atoms with E-state index in [4.69, 9.17) is 5.11 Å². The van der Waals surface area contributed by atoms with Crippen LogP contribution in [-0.2, 0) is 16.1 Å². The minimum atomic E-state index is -0.750. The predicted molar refractivity (Wildman–Crippen MR) is 90.5 cm³/mol. The van der Waals surface area contributed by atoms with Crippen LogP contribution in [0.15, 0.2) is 30.3 Å². The highest BCUT2D eigenvalue weighted by atomic mass is 16.4. The Morgan fingerprint density at radius 1 is 1.00 bits per heavy atom. The molecule has 2 heterocycles. The minimum absolute atomic E-state index is 0.125. The van der Waals surface area contributed by atoms with E-state index in [2.05, 4.69) is 29.2 Å². The number of carboxylic acid groups (broad SMARTS) is 1. The van der Waals surface area contributed by atoms with Crippen LogP contribution in [0, 0.1) is 5.92 Å². The van der Waals surface area contributed by atoms with Gasteiger partial charge in [0.2, 0.25) is 5.91 Å². The zero-order valence-corrected chi connectivity index (χ0v) is 13.9. The zero-order chi connectivity index (χ0) is 16.9. The molecule has 2 aliphatic rings. The quantitative estimate of drug-likeness (QED) is 0.862. The molecule has 130 valence electrons. The number of benzene rings is 1. The van der Waals surface area contributed by atoms with Crippen molar-refractivity contribution < 1.29 is 14.7 Å². The molecule has 6 heteroatoms. The second-order valence-electron chi connectivity index (χ2n) is 6.70. The SMILES string of the molecule is O=C(O)C1CCN(CC(=O)N2CCN(Cc3ccccc3)CC2)C1. The minimum Gasteiger partial charge on any atom is -0.481 e. The molecule has 1 unspecified atom stereocenters.